The van der Waals surface area contributed by atoms with E-state index in [2.05, 4.69) is 26.0 Å². The summed E-state index contributed by atoms with van der Waals surface area (Å²) in [7, 11) is 0. The molecule has 3 nitrogen and oxygen atoms in total. The van der Waals surface area contributed by atoms with E-state index in [1.54, 1.807) is 0 Å². The van der Waals surface area contributed by atoms with Crippen LogP contribution in [0.4, 0.5) is 10.5 Å². The summed E-state index contributed by atoms with van der Waals surface area (Å²) >= 11 is 0. The van der Waals surface area contributed by atoms with Crippen LogP contribution in [0.25, 0.3) is 0 Å². The maximum atomic E-state index is 12.9. The number of amides is 2. The highest BCUT2D eigenvalue weighted by Crippen LogP contribution is 2.33. The van der Waals surface area contributed by atoms with Gasteiger partial charge in [-0.3, -0.25) is 4.90 Å². The lowest BCUT2D eigenvalue weighted by Gasteiger charge is -2.46. The first-order valence-electron chi connectivity index (χ1n) is 7.55. The Morgan fingerprint density at radius 2 is 1.95 bits per heavy atom. The topological polar surface area (TPSA) is 23.6 Å². The molecule has 3 heteroatoms. The van der Waals surface area contributed by atoms with Crippen LogP contribution in [0, 0.1) is 0 Å². The van der Waals surface area contributed by atoms with Crippen molar-refractivity contribution < 1.29 is 4.79 Å². The number of hydrogen-bond acceptors (Lipinski definition) is 1. The molecule has 0 aromatic heterocycles. The monoisotopic (exact) mass is 281 g/mol. The lowest BCUT2D eigenvalue weighted by atomic mass is 10.0. The van der Waals surface area contributed by atoms with Gasteiger partial charge in [0, 0.05) is 24.3 Å². The highest BCUT2D eigenvalue weighted by Gasteiger charge is 2.34. The molecular formula is C18H21N2O-. The lowest BCUT2D eigenvalue weighted by molar-refractivity contribution is 0.143. The molecule has 1 aliphatic rings. The number of carbonyl (C=O) groups is 1. The fourth-order valence-electron chi connectivity index (χ4n) is 3.13. The molecule has 2 amide bonds. The van der Waals surface area contributed by atoms with Crippen molar-refractivity contribution in [2.24, 2.45) is 0 Å². The smallest absolute Gasteiger partial charge is 0.324 e. The predicted octanol–water partition coefficient (Wildman–Crippen LogP) is 4.19. The quantitative estimate of drug-likeness (QED) is 0.774. The van der Waals surface area contributed by atoms with Crippen molar-refractivity contribution in [3.63, 3.8) is 0 Å². The normalized spacial score (nSPS) is 19.4. The largest absolute Gasteiger partial charge is 0.327 e. The van der Waals surface area contributed by atoms with E-state index in [1.165, 1.54) is 5.56 Å². The first-order valence-corrected chi connectivity index (χ1v) is 7.55. The van der Waals surface area contributed by atoms with Crippen LogP contribution < -0.4 is 4.90 Å². The van der Waals surface area contributed by atoms with Crippen molar-refractivity contribution in [3.05, 3.63) is 60.2 Å². The molecule has 0 N–H and O–H groups in total. The minimum atomic E-state index is 0.105. The van der Waals surface area contributed by atoms with E-state index in [0.29, 0.717) is 0 Å². The Kier molecular flexibility index (Phi) is 3.74. The molecule has 21 heavy (non-hydrogen) atoms. The van der Waals surface area contributed by atoms with Gasteiger partial charge in [-0.2, -0.15) is 23.8 Å². The molecule has 1 aliphatic heterocycles. The Balaban J connectivity index is 1.90. The summed E-state index contributed by atoms with van der Waals surface area (Å²) in [5, 5.41) is 0. The summed E-state index contributed by atoms with van der Waals surface area (Å²) in [4.78, 5) is 16.8. The zero-order valence-electron chi connectivity index (χ0n) is 12.6. The zero-order valence-corrected chi connectivity index (χ0v) is 12.6. The summed E-state index contributed by atoms with van der Waals surface area (Å²) in [5.74, 6) is 0. The van der Waals surface area contributed by atoms with Crippen LogP contribution in [0.2, 0.25) is 0 Å². The highest BCUT2D eigenvalue weighted by atomic mass is 16.2. The Hall–Kier alpha value is -2.16. The van der Waals surface area contributed by atoms with Crippen molar-refractivity contribution in [3.8, 4) is 0 Å². The van der Waals surface area contributed by atoms with Gasteiger partial charge in [0.25, 0.3) is 0 Å². The van der Waals surface area contributed by atoms with Gasteiger partial charge in [-0.1, -0.05) is 18.2 Å². The van der Waals surface area contributed by atoms with Crippen LogP contribution in [0.3, 0.4) is 0 Å². The van der Waals surface area contributed by atoms with Gasteiger partial charge in [0.05, 0.1) is 0 Å². The third-order valence-electron chi connectivity index (χ3n) is 4.11. The fraction of sp³-hybridized carbons (Fsp3) is 0.333. The molecule has 1 fully saturated rings. The van der Waals surface area contributed by atoms with Gasteiger partial charge < -0.3 is 4.90 Å². The number of nitrogens with zero attached hydrogens (tertiary/aromatic N) is 2. The van der Waals surface area contributed by atoms with Crippen molar-refractivity contribution in [1.82, 2.24) is 4.90 Å². The van der Waals surface area contributed by atoms with Crippen LogP contribution >= 0.6 is 0 Å². The Labute approximate surface area is 126 Å². The summed E-state index contributed by atoms with van der Waals surface area (Å²) in [6, 6.07) is 18.7. The summed E-state index contributed by atoms with van der Waals surface area (Å²) in [6.07, 6.45) is 0.961. The molecule has 0 radical (unpaired) electrons. The number of urea groups is 1. The number of benzene rings is 1. The van der Waals surface area contributed by atoms with Crippen molar-refractivity contribution in [2.45, 2.75) is 32.4 Å². The fourth-order valence-corrected chi connectivity index (χ4v) is 3.13. The standard InChI is InChI=1S/C18H21N2O/c1-14(2)20-17(15-8-6-7-9-15)12-13-19(18(20)21)16-10-4-3-5-11-16/h3-11,14,17H,12-13H2,1-2H3/q-1. The van der Waals surface area contributed by atoms with Crippen molar-refractivity contribution in [2.75, 3.05) is 11.4 Å². The average molecular weight is 281 g/mol. The van der Waals surface area contributed by atoms with Crippen LogP contribution in [0.15, 0.2) is 54.6 Å². The number of hydrogen-bond donors (Lipinski definition) is 0. The van der Waals surface area contributed by atoms with Crippen LogP contribution in [-0.4, -0.2) is 23.5 Å². The Morgan fingerprint density at radius 3 is 2.57 bits per heavy atom. The van der Waals surface area contributed by atoms with Crippen molar-refractivity contribution in [1.29, 1.82) is 0 Å². The van der Waals surface area contributed by atoms with Crippen LogP contribution in [0.1, 0.15) is 31.9 Å². The van der Waals surface area contributed by atoms with Crippen molar-refractivity contribution >= 4 is 11.7 Å². The molecule has 1 atom stereocenters. The lowest BCUT2D eigenvalue weighted by Crippen LogP contribution is -2.53. The maximum Gasteiger partial charge on any atom is 0.324 e. The summed E-state index contributed by atoms with van der Waals surface area (Å²) < 4.78 is 0. The number of anilines is 1. The molecule has 0 saturated carbocycles. The van der Waals surface area contributed by atoms with Crippen LogP contribution in [-0.2, 0) is 0 Å². The Bertz CT molecular complexity index is 589. The molecule has 0 spiro atoms. The molecule has 1 heterocycles. The number of para-hydroxylation sites is 1. The van der Waals surface area contributed by atoms with Gasteiger partial charge in [0.15, 0.2) is 0 Å². The molecule has 1 saturated heterocycles. The highest BCUT2D eigenvalue weighted by molar-refractivity contribution is 5.93. The number of rotatable bonds is 3. The predicted molar refractivity (Wildman–Crippen MR) is 85.6 cm³/mol. The molecule has 0 aliphatic carbocycles. The van der Waals surface area contributed by atoms with Gasteiger partial charge in [-0.05, 0) is 32.4 Å². The van der Waals surface area contributed by atoms with Crippen LogP contribution in [0.5, 0.6) is 0 Å². The molecule has 2 aromatic rings. The summed E-state index contributed by atoms with van der Waals surface area (Å²) in [5.41, 5.74) is 2.22. The SMILES string of the molecule is CC(C)N1C(=O)N(c2ccccc2)CCC1c1cc[cH-]c1. The van der Waals surface area contributed by atoms with E-state index >= 15 is 0 Å². The Morgan fingerprint density at radius 1 is 1.19 bits per heavy atom. The molecule has 1 unspecified atom stereocenters. The first kappa shape index (κ1) is 13.8. The molecular weight excluding hydrogens is 260 g/mol. The van der Waals surface area contributed by atoms with E-state index in [0.717, 1.165) is 18.7 Å². The van der Waals surface area contributed by atoms with E-state index < -0.39 is 0 Å². The minimum absolute atomic E-state index is 0.105. The van der Waals surface area contributed by atoms with Gasteiger partial charge >= 0.3 is 6.03 Å². The second kappa shape index (κ2) is 5.68. The van der Waals surface area contributed by atoms with Gasteiger partial charge in [-0.25, -0.2) is 10.9 Å². The van der Waals surface area contributed by atoms with Gasteiger partial charge in [-0.15, -0.1) is 0 Å². The number of carbonyl (C=O) groups excluding carboxylic acids is 1. The molecule has 0 bridgehead atoms. The van der Waals surface area contributed by atoms with E-state index in [-0.39, 0.29) is 18.1 Å². The first-order chi connectivity index (χ1) is 10.2. The second-order valence-corrected chi connectivity index (χ2v) is 5.79. The van der Waals surface area contributed by atoms with E-state index in [1.807, 2.05) is 52.3 Å². The second-order valence-electron chi connectivity index (χ2n) is 5.79. The van der Waals surface area contributed by atoms with E-state index in [4.69, 9.17) is 0 Å². The van der Waals surface area contributed by atoms with E-state index in [9.17, 15) is 4.79 Å². The zero-order chi connectivity index (χ0) is 14.8. The van der Waals surface area contributed by atoms with Gasteiger partial charge in [0.1, 0.15) is 0 Å². The third-order valence-corrected chi connectivity index (χ3v) is 4.11. The molecule has 2 aromatic carbocycles. The summed E-state index contributed by atoms with van der Waals surface area (Å²) in [6.45, 7) is 4.94. The third kappa shape index (κ3) is 2.56. The molecule has 110 valence electrons. The minimum Gasteiger partial charge on any atom is -0.327 e. The average Bonchev–Trinajstić information content (AvgIpc) is 3.01. The molecule has 3 rings (SSSR count). The maximum absolute atomic E-state index is 12.9. The van der Waals surface area contributed by atoms with Gasteiger partial charge in [0.2, 0.25) is 0 Å².